The van der Waals surface area contributed by atoms with Gasteiger partial charge in [0.15, 0.2) is 0 Å². The van der Waals surface area contributed by atoms with Gasteiger partial charge in [-0.3, -0.25) is 4.90 Å². The van der Waals surface area contributed by atoms with E-state index in [2.05, 4.69) is 48.8 Å². The number of piperazine rings is 1. The number of ether oxygens (including phenoxy) is 2. The van der Waals surface area contributed by atoms with Crippen LogP contribution in [0, 0.1) is 6.92 Å². The maximum atomic E-state index is 10.4. The molecule has 1 fully saturated rings. The number of nitrogens with zero attached hydrogens (tertiary/aromatic N) is 2. The first kappa shape index (κ1) is 21.5. The molecule has 1 aliphatic rings. The Kier molecular flexibility index (Phi) is 7.40. The van der Waals surface area contributed by atoms with Crippen LogP contribution in [-0.4, -0.2) is 62.6 Å². The third kappa shape index (κ3) is 5.64. The lowest BCUT2D eigenvalue weighted by molar-refractivity contribution is 0.0662. The number of para-hydroxylation sites is 2. The summed E-state index contributed by atoms with van der Waals surface area (Å²) in [4.78, 5) is 4.64. The summed E-state index contributed by atoms with van der Waals surface area (Å²) in [6.45, 7) is 11.1. The van der Waals surface area contributed by atoms with Crippen molar-refractivity contribution in [1.82, 2.24) is 4.90 Å². The lowest BCUT2D eigenvalue weighted by atomic mass is 9.98. The first-order chi connectivity index (χ1) is 14.0. The van der Waals surface area contributed by atoms with Gasteiger partial charge < -0.3 is 19.5 Å². The summed E-state index contributed by atoms with van der Waals surface area (Å²) in [6.07, 6.45) is -0.502. The highest BCUT2D eigenvalue weighted by Gasteiger charge is 2.21. The molecule has 5 nitrogen and oxygen atoms in total. The number of methoxy groups -OCH3 is 1. The van der Waals surface area contributed by atoms with Crippen molar-refractivity contribution in [2.24, 2.45) is 0 Å². The molecule has 1 atom stereocenters. The van der Waals surface area contributed by atoms with Crippen LogP contribution in [0.1, 0.15) is 30.9 Å². The van der Waals surface area contributed by atoms with E-state index < -0.39 is 6.10 Å². The second-order valence-corrected chi connectivity index (χ2v) is 8.10. The van der Waals surface area contributed by atoms with E-state index in [4.69, 9.17) is 9.47 Å². The average molecular weight is 399 g/mol. The molecule has 3 rings (SSSR count). The Hall–Kier alpha value is -2.24. The normalized spacial score (nSPS) is 16.1. The maximum absolute atomic E-state index is 10.4. The SMILES string of the molecule is COc1ccccc1N1CCN(C[C@H](O)COc2ccc(C(C)C)c(C)c2)CC1. The van der Waals surface area contributed by atoms with E-state index in [1.807, 2.05) is 24.3 Å². The molecule has 1 N–H and O–H groups in total. The van der Waals surface area contributed by atoms with Crippen LogP contribution >= 0.6 is 0 Å². The van der Waals surface area contributed by atoms with E-state index in [1.54, 1.807) is 7.11 Å². The Morgan fingerprint density at radius 1 is 1.03 bits per heavy atom. The topological polar surface area (TPSA) is 45.2 Å². The van der Waals surface area contributed by atoms with Crippen LogP contribution in [0.25, 0.3) is 0 Å². The van der Waals surface area contributed by atoms with Crippen molar-refractivity contribution in [1.29, 1.82) is 0 Å². The number of β-amino-alcohol motifs (C(OH)–C–C–N with tert-alkyl or cyclic N) is 1. The van der Waals surface area contributed by atoms with Crippen LogP contribution in [0.4, 0.5) is 5.69 Å². The highest BCUT2D eigenvalue weighted by molar-refractivity contribution is 5.58. The van der Waals surface area contributed by atoms with Crippen LogP contribution in [0.2, 0.25) is 0 Å². The monoisotopic (exact) mass is 398 g/mol. The zero-order chi connectivity index (χ0) is 20.8. The molecule has 0 radical (unpaired) electrons. The summed E-state index contributed by atoms with van der Waals surface area (Å²) in [5, 5.41) is 10.4. The molecule has 0 bridgehead atoms. The molecule has 2 aromatic rings. The zero-order valence-electron chi connectivity index (χ0n) is 18.1. The number of aliphatic hydroxyl groups excluding tert-OH is 1. The molecule has 5 heteroatoms. The minimum atomic E-state index is -0.502. The Morgan fingerprint density at radius 3 is 2.41 bits per heavy atom. The maximum Gasteiger partial charge on any atom is 0.142 e. The molecule has 0 aliphatic carbocycles. The third-order valence-electron chi connectivity index (χ3n) is 5.57. The van der Waals surface area contributed by atoms with Crippen molar-refractivity contribution in [3.05, 3.63) is 53.6 Å². The van der Waals surface area contributed by atoms with Gasteiger partial charge in [0.05, 0.1) is 12.8 Å². The minimum absolute atomic E-state index is 0.313. The summed E-state index contributed by atoms with van der Waals surface area (Å²) < 4.78 is 11.3. The fourth-order valence-corrected chi connectivity index (χ4v) is 3.99. The van der Waals surface area contributed by atoms with Crippen LogP contribution in [0.5, 0.6) is 11.5 Å². The molecule has 29 heavy (non-hydrogen) atoms. The van der Waals surface area contributed by atoms with E-state index in [-0.39, 0.29) is 0 Å². The average Bonchev–Trinajstić information content (AvgIpc) is 2.72. The number of hydrogen-bond acceptors (Lipinski definition) is 5. The molecule has 0 aromatic heterocycles. The molecule has 0 spiro atoms. The number of anilines is 1. The molecule has 158 valence electrons. The summed E-state index contributed by atoms with van der Waals surface area (Å²) in [7, 11) is 1.71. The van der Waals surface area contributed by atoms with Gasteiger partial charge in [0, 0.05) is 32.7 Å². The Bertz CT molecular complexity index is 785. The standard InChI is InChI=1S/C24H34N2O3/c1-18(2)22-10-9-21(15-19(22)3)29-17-20(27)16-25-11-13-26(14-12-25)23-7-5-6-8-24(23)28-4/h5-10,15,18,20,27H,11-14,16-17H2,1-4H3/t20-/m0/s1. The van der Waals surface area contributed by atoms with Crippen molar-refractivity contribution in [3.63, 3.8) is 0 Å². The van der Waals surface area contributed by atoms with Gasteiger partial charge in [-0.2, -0.15) is 0 Å². The summed E-state index contributed by atoms with van der Waals surface area (Å²) >= 11 is 0. The number of aryl methyl sites for hydroxylation is 1. The van der Waals surface area contributed by atoms with Gasteiger partial charge in [0.2, 0.25) is 0 Å². The van der Waals surface area contributed by atoms with Gasteiger partial charge in [0.1, 0.15) is 24.2 Å². The molecular weight excluding hydrogens is 364 g/mol. The fraction of sp³-hybridized carbons (Fsp3) is 0.500. The quantitative estimate of drug-likeness (QED) is 0.735. The van der Waals surface area contributed by atoms with Gasteiger partial charge in [0.25, 0.3) is 0 Å². The minimum Gasteiger partial charge on any atom is -0.495 e. The number of rotatable bonds is 8. The van der Waals surface area contributed by atoms with E-state index in [1.165, 1.54) is 11.1 Å². The third-order valence-corrected chi connectivity index (χ3v) is 5.57. The van der Waals surface area contributed by atoms with Gasteiger partial charge in [-0.05, 0) is 48.2 Å². The fourth-order valence-electron chi connectivity index (χ4n) is 3.99. The Morgan fingerprint density at radius 2 is 1.76 bits per heavy atom. The predicted molar refractivity (Wildman–Crippen MR) is 118 cm³/mol. The van der Waals surface area contributed by atoms with Crippen molar-refractivity contribution in [3.8, 4) is 11.5 Å². The van der Waals surface area contributed by atoms with Crippen LogP contribution in [0.3, 0.4) is 0 Å². The van der Waals surface area contributed by atoms with E-state index in [0.717, 1.165) is 43.4 Å². The Balaban J connectivity index is 1.45. The Labute approximate surface area is 174 Å². The first-order valence-electron chi connectivity index (χ1n) is 10.5. The lowest BCUT2D eigenvalue weighted by Crippen LogP contribution is -2.49. The number of hydrogen-bond donors (Lipinski definition) is 1. The highest BCUT2D eigenvalue weighted by atomic mass is 16.5. The first-order valence-corrected chi connectivity index (χ1v) is 10.5. The van der Waals surface area contributed by atoms with Gasteiger partial charge in [-0.15, -0.1) is 0 Å². The molecule has 2 aromatic carbocycles. The van der Waals surface area contributed by atoms with E-state index in [9.17, 15) is 5.11 Å². The lowest BCUT2D eigenvalue weighted by Gasteiger charge is -2.37. The smallest absolute Gasteiger partial charge is 0.142 e. The van der Waals surface area contributed by atoms with Crippen molar-refractivity contribution in [2.45, 2.75) is 32.8 Å². The largest absolute Gasteiger partial charge is 0.495 e. The van der Waals surface area contributed by atoms with Crippen molar-refractivity contribution in [2.75, 3.05) is 51.3 Å². The number of benzene rings is 2. The predicted octanol–water partition coefficient (Wildman–Crippen LogP) is 3.69. The van der Waals surface area contributed by atoms with Gasteiger partial charge in [-0.1, -0.05) is 32.0 Å². The van der Waals surface area contributed by atoms with Gasteiger partial charge in [-0.25, -0.2) is 0 Å². The molecule has 0 amide bonds. The summed E-state index contributed by atoms with van der Waals surface area (Å²) in [5.74, 6) is 2.24. The van der Waals surface area contributed by atoms with Gasteiger partial charge >= 0.3 is 0 Å². The summed E-state index contributed by atoms with van der Waals surface area (Å²) in [5.41, 5.74) is 3.71. The second-order valence-electron chi connectivity index (χ2n) is 8.10. The second kappa shape index (κ2) is 9.99. The molecule has 0 unspecified atom stereocenters. The van der Waals surface area contributed by atoms with Crippen LogP contribution in [0.15, 0.2) is 42.5 Å². The highest BCUT2D eigenvalue weighted by Crippen LogP contribution is 2.28. The van der Waals surface area contributed by atoms with E-state index in [0.29, 0.717) is 19.1 Å². The molecule has 0 saturated carbocycles. The van der Waals surface area contributed by atoms with Crippen LogP contribution in [-0.2, 0) is 0 Å². The zero-order valence-corrected chi connectivity index (χ0v) is 18.1. The molecule has 1 heterocycles. The summed E-state index contributed by atoms with van der Waals surface area (Å²) in [6, 6.07) is 14.3. The van der Waals surface area contributed by atoms with E-state index >= 15 is 0 Å². The van der Waals surface area contributed by atoms with Crippen molar-refractivity contribution < 1.29 is 14.6 Å². The van der Waals surface area contributed by atoms with Crippen LogP contribution < -0.4 is 14.4 Å². The molecular formula is C24H34N2O3. The molecule has 1 saturated heterocycles. The van der Waals surface area contributed by atoms with Crippen molar-refractivity contribution >= 4 is 5.69 Å². The number of aliphatic hydroxyl groups is 1. The molecule has 1 aliphatic heterocycles.